The number of nitrogens with zero attached hydrogens (tertiary/aromatic N) is 2. The predicted octanol–water partition coefficient (Wildman–Crippen LogP) is 3.22. The van der Waals surface area contributed by atoms with E-state index in [4.69, 9.17) is 16.3 Å². The van der Waals surface area contributed by atoms with Crippen LogP contribution in [0.2, 0.25) is 5.02 Å². The molecule has 3 rings (SSSR count). The summed E-state index contributed by atoms with van der Waals surface area (Å²) in [6.45, 7) is 6.27. The lowest BCUT2D eigenvalue weighted by atomic mass is 10.0. The number of carbonyl (C=O) groups excluding carboxylic acids is 1. The van der Waals surface area contributed by atoms with Crippen molar-refractivity contribution in [2.24, 2.45) is 4.99 Å². The minimum atomic E-state index is -0.447. The van der Waals surface area contributed by atoms with Crippen molar-refractivity contribution in [1.29, 1.82) is 0 Å². The third-order valence-corrected chi connectivity index (χ3v) is 5.68. The first kappa shape index (κ1) is 20.0. The third-order valence-electron chi connectivity index (χ3n) is 4.68. The van der Waals surface area contributed by atoms with Crippen LogP contribution in [0, 0.1) is 0 Å². The van der Waals surface area contributed by atoms with Gasteiger partial charge in [-0.05, 0) is 48.8 Å². The Hall–Kier alpha value is -1.74. The Kier molecular flexibility index (Phi) is 6.64. The number of rotatable bonds is 6. The van der Waals surface area contributed by atoms with Crippen molar-refractivity contribution in [3.8, 4) is 0 Å². The van der Waals surface area contributed by atoms with E-state index in [1.807, 2.05) is 29.2 Å². The molecule has 6 heteroatoms. The van der Waals surface area contributed by atoms with Crippen molar-refractivity contribution in [3.05, 3.63) is 51.6 Å². The lowest BCUT2D eigenvalue weighted by molar-refractivity contribution is 0.00618. The SMILES string of the molecule is C=c1/c(=C\N=CCCC)ccn1C1CCC(C(=O)c2ccc(Cl)c(P)c2)O1. The molecule has 4 nitrogen and oxygen atoms in total. The van der Waals surface area contributed by atoms with Crippen molar-refractivity contribution in [3.63, 3.8) is 0 Å². The summed E-state index contributed by atoms with van der Waals surface area (Å²) in [5.74, 6) is -0.00779. The van der Waals surface area contributed by atoms with Crippen LogP contribution in [0.4, 0.5) is 0 Å². The normalized spacial score (nSPS) is 20.6. The Labute approximate surface area is 166 Å². The molecule has 0 saturated carbocycles. The van der Waals surface area contributed by atoms with Crippen molar-refractivity contribution in [1.82, 2.24) is 4.57 Å². The monoisotopic (exact) mass is 402 g/mol. The number of Topliss-reactive ketones (excluding diaryl/α,β-unsaturated/α-hetero) is 1. The first-order chi connectivity index (χ1) is 13.0. The molecule has 0 N–H and O–H groups in total. The second kappa shape index (κ2) is 8.97. The molecule has 0 spiro atoms. The van der Waals surface area contributed by atoms with Gasteiger partial charge < -0.3 is 9.30 Å². The van der Waals surface area contributed by atoms with Gasteiger partial charge in [0.15, 0.2) is 5.78 Å². The number of benzene rings is 1. The molecule has 1 saturated heterocycles. The lowest BCUT2D eigenvalue weighted by Gasteiger charge is -2.15. The first-order valence-electron chi connectivity index (χ1n) is 9.13. The van der Waals surface area contributed by atoms with E-state index in [0.29, 0.717) is 17.0 Å². The van der Waals surface area contributed by atoms with Crippen LogP contribution in [-0.4, -0.2) is 22.7 Å². The summed E-state index contributed by atoms with van der Waals surface area (Å²) >= 11 is 6.04. The van der Waals surface area contributed by atoms with Gasteiger partial charge in [-0.15, -0.1) is 9.24 Å². The van der Waals surface area contributed by atoms with E-state index in [1.54, 1.807) is 18.2 Å². The fourth-order valence-electron chi connectivity index (χ4n) is 3.12. The Morgan fingerprint density at radius 1 is 1.44 bits per heavy atom. The van der Waals surface area contributed by atoms with Gasteiger partial charge >= 0.3 is 0 Å². The molecule has 1 aliphatic heterocycles. The van der Waals surface area contributed by atoms with Gasteiger partial charge in [-0.25, -0.2) is 0 Å². The number of hydrogen-bond donors (Lipinski definition) is 0. The van der Waals surface area contributed by atoms with Crippen LogP contribution < -0.4 is 15.9 Å². The maximum Gasteiger partial charge on any atom is 0.191 e. The molecule has 142 valence electrons. The topological polar surface area (TPSA) is 43.6 Å². The molecule has 0 aliphatic carbocycles. The van der Waals surface area contributed by atoms with Crippen molar-refractivity contribution in [2.75, 3.05) is 0 Å². The van der Waals surface area contributed by atoms with Crippen LogP contribution in [-0.2, 0) is 4.74 Å². The molecule has 1 aromatic carbocycles. The Balaban J connectivity index is 1.73. The fraction of sp³-hybridized carbons (Fsp3) is 0.333. The zero-order valence-corrected chi connectivity index (χ0v) is 17.3. The van der Waals surface area contributed by atoms with Gasteiger partial charge in [0.1, 0.15) is 12.3 Å². The number of carbonyl (C=O) groups is 1. The van der Waals surface area contributed by atoms with E-state index in [0.717, 1.165) is 35.1 Å². The van der Waals surface area contributed by atoms with Gasteiger partial charge in [0, 0.05) is 39.8 Å². The summed E-state index contributed by atoms with van der Waals surface area (Å²) < 4.78 is 8.04. The molecule has 1 aliphatic rings. The Morgan fingerprint density at radius 3 is 3.00 bits per heavy atom. The van der Waals surface area contributed by atoms with Crippen LogP contribution in [0.5, 0.6) is 0 Å². The molecule has 3 atom stereocenters. The largest absolute Gasteiger partial charge is 0.347 e. The summed E-state index contributed by atoms with van der Waals surface area (Å²) in [5.41, 5.74) is 0.622. The van der Waals surface area contributed by atoms with Crippen LogP contribution in [0.15, 0.2) is 35.5 Å². The highest BCUT2D eigenvalue weighted by atomic mass is 35.5. The zero-order chi connectivity index (χ0) is 19.4. The molecule has 1 aromatic heterocycles. The smallest absolute Gasteiger partial charge is 0.191 e. The highest BCUT2D eigenvalue weighted by Gasteiger charge is 2.32. The van der Waals surface area contributed by atoms with Gasteiger partial charge in [0.2, 0.25) is 0 Å². The second-order valence-electron chi connectivity index (χ2n) is 6.63. The number of ether oxygens (including phenoxy) is 1. The molecular formula is C21H24ClN2O2P. The average Bonchev–Trinajstić information content (AvgIpc) is 3.27. The molecule has 3 unspecified atom stereocenters. The molecule has 0 amide bonds. The minimum absolute atomic E-state index is 0.00779. The molecule has 1 fully saturated rings. The number of aliphatic imine (C=N–C) groups is 1. The molecule has 0 bridgehead atoms. The summed E-state index contributed by atoms with van der Waals surface area (Å²) in [6.07, 6.45) is 8.54. The van der Waals surface area contributed by atoms with Gasteiger partial charge in [0.25, 0.3) is 0 Å². The van der Waals surface area contributed by atoms with E-state index in [-0.39, 0.29) is 12.0 Å². The quantitative estimate of drug-likeness (QED) is 0.423. The van der Waals surface area contributed by atoms with Crippen LogP contribution in [0.25, 0.3) is 12.8 Å². The molecule has 27 heavy (non-hydrogen) atoms. The van der Waals surface area contributed by atoms with Gasteiger partial charge in [-0.1, -0.05) is 31.5 Å². The third kappa shape index (κ3) is 4.57. The van der Waals surface area contributed by atoms with Gasteiger partial charge in [0.05, 0.1) is 0 Å². The van der Waals surface area contributed by atoms with E-state index in [1.165, 1.54) is 0 Å². The maximum absolute atomic E-state index is 12.8. The minimum Gasteiger partial charge on any atom is -0.347 e. The lowest BCUT2D eigenvalue weighted by Crippen LogP contribution is -2.30. The Morgan fingerprint density at radius 2 is 2.26 bits per heavy atom. The Bertz CT molecular complexity index is 967. The summed E-state index contributed by atoms with van der Waals surface area (Å²) in [7, 11) is 2.55. The number of ketones is 1. The second-order valence-corrected chi connectivity index (χ2v) is 7.66. The first-order valence-corrected chi connectivity index (χ1v) is 10.1. The zero-order valence-electron chi connectivity index (χ0n) is 15.4. The summed E-state index contributed by atoms with van der Waals surface area (Å²) in [6, 6.07) is 7.25. The molecule has 2 aromatic rings. The summed E-state index contributed by atoms with van der Waals surface area (Å²) in [4.78, 5) is 17.1. The van der Waals surface area contributed by atoms with Crippen LogP contribution in [0.3, 0.4) is 0 Å². The number of hydrogen-bond acceptors (Lipinski definition) is 3. The van der Waals surface area contributed by atoms with E-state index in [9.17, 15) is 4.79 Å². The van der Waals surface area contributed by atoms with Crippen molar-refractivity contribution < 1.29 is 9.53 Å². The fourth-order valence-corrected chi connectivity index (χ4v) is 3.51. The number of halogens is 1. The molecule has 2 heterocycles. The van der Waals surface area contributed by atoms with Gasteiger partial charge in [-0.2, -0.15) is 0 Å². The van der Waals surface area contributed by atoms with E-state index in [2.05, 4.69) is 27.7 Å². The standard InChI is InChI=1S/C21H24ClN2O2P/c1-3-4-10-23-13-16-9-11-24(14(16)2)20-8-7-18(26-20)21(25)15-5-6-17(22)19(27)12-15/h5-6,9-13,18,20H,2-4,7-8,27H2,1H3/b16-13-,23-10?. The maximum atomic E-state index is 12.8. The molecule has 0 radical (unpaired) electrons. The number of unbranched alkanes of at least 4 members (excludes halogenated alkanes) is 1. The predicted molar refractivity (Wildman–Crippen MR) is 115 cm³/mol. The van der Waals surface area contributed by atoms with E-state index < -0.39 is 6.10 Å². The highest BCUT2D eigenvalue weighted by molar-refractivity contribution is 7.28. The van der Waals surface area contributed by atoms with E-state index >= 15 is 0 Å². The molecular weight excluding hydrogens is 379 g/mol. The van der Waals surface area contributed by atoms with Gasteiger partial charge in [-0.3, -0.25) is 9.79 Å². The van der Waals surface area contributed by atoms with Crippen LogP contribution >= 0.6 is 20.8 Å². The highest BCUT2D eigenvalue weighted by Crippen LogP contribution is 2.29. The van der Waals surface area contributed by atoms with Crippen LogP contribution in [0.1, 0.15) is 49.2 Å². The van der Waals surface area contributed by atoms with Crippen molar-refractivity contribution >= 4 is 50.9 Å². The summed E-state index contributed by atoms with van der Waals surface area (Å²) in [5, 5.41) is 3.25. The van der Waals surface area contributed by atoms with Crippen molar-refractivity contribution in [2.45, 2.75) is 44.9 Å². The average molecular weight is 403 g/mol. The number of aromatic nitrogens is 1.